The van der Waals surface area contributed by atoms with Gasteiger partial charge < -0.3 is 15.2 Å². The Bertz CT molecular complexity index is 442. The molecule has 4 heteroatoms. The maximum atomic E-state index is 6.07. The Hall–Kier alpha value is -1.26. The summed E-state index contributed by atoms with van der Waals surface area (Å²) < 4.78 is 11.8. The highest BCUT2D eigenvalue weighted by Crippen LogP contribution is 2.28. The summed E-state index contributed by atoms with van der Waals surface area (Å²) in [6.45, 7) is 11.9. The maximum Gasteiger partial charge on any atom is 0.142 e. The van der Waals surface area contributed by atoms with E-state index in [9.17, 15) is 0 Å². The summed E-state index contributed by atoms with van der Waals surface area (Å²) in [5, 5.41) is 0. The monoisotopic (exact) mass is 278 g/mol. The van der Waals surface area contributed by atoms with Crippen LogP contribution in [0.15, 0.2) is 24.3 Å². The van der Waals surface area contributed by atoms with Crippen LogP contribution >= 0.6 is 0 Å². The van der Waals surface area contributed by atoms with E-state index in [0.29, 0.717) is 12.3 Å². The molecular weight excluding hydrogens is 252 g/mol. The Morgan fingerprint density at radius 2 is 1.75 bits per heavy atom. The van der Waals surface area contributed by atoms with Crippen LogP contribution in [0, 0.1) is 0 Å². The SMILES string of the molecule is CC1(C)CN(CCOc2ccccc2N)CC(C)(C)O1. The number of hydrogen-bond donors (Lipinski definition) is 1. The van der Waals surface area contributed by atoms with Gasteiger partial charge in [0.1, 0.15) is 12.4 Å². The average molecular weight is 278 g/mol. The molecule has 1 fully saturated rings. The van der Waals surface area contributed by atoms with Crippen molar-refractivity contribution in [3.8, 4) is 5.75 Å². The van der Waals surface area contributed by atoms with E-state index >= 15 is 0 Å². The third kappa shape index (κ3) is 4.12. The summed E-state index contributed by atoms with van der Waals surface area (Å²) in [5.74, 6) is 0.763. The van der Waals surface area contributed by atoms with Gasteiger partial charge in [-0.15, -0.1) is 0 Å². The molecule has 1 aromatic carbocycles. The molecule has 1 heterocycles. The van der Waals surface area contributed by atoms with Gasteiger partial charge in [0.05, 0.1) is 16.9 Å². The minimum atomic E-state index is -0.118. The Morgan fingerprint density at radius 3 is 2.35 bits per heavy atom. The first kappa shape index (κ1) is 15.1. The van der Waals surface area contributed by atoms with Crippen molar-refractivity contribution in [2.24, 2.45) is 0 Å². The molecule has 4 nitrogen and oxygen atoms in total. The number of benzene rings is 1. The standard InChI is InChI=1S/C16H26N2O2/c1-15(2)11-18(12-16(3,4)20-15)9-10-19-14-8-6-5-7-13(14)17/h5-8H,9-12,17H2,1-4H3. The zero-order valence-electron chi connectivity index (χ0n) is 13.0. The van der Waals surface area contributed by atoms with E-state index in [0.717, 1.165) is 25.4 Å². The van der Waals surface area contributed by atoms with Crippen molar-refractivity contribution in [3.05, 3.63) is 24.3 Å². The van der Waals surface area contributed by atoms with Crippen molar-refractivity contribution >= 4 is 5.69 Å². The lowest BCUT2D eigenvalue weighted by Gasteiger charge is -2.47. The Morgan fingerprint density at radius 1 is 1.15 bits per heavy atom. The lowest BCUT2D eigenvalue weighted by Crippen LogP contribution is -2.57. The summed E-state index contributed by atoms with van der Waals surface area (Å²) in [6, 6.07) is 7.61. The van der Waals surface area contributed by atoms with E-state index in [1.54, 1.807) is 0 Å². The molecule has 0 atom stereocenters. The van der Waals surface area contributed by atoms with Crippen LogP contribution in [0.2, 0.25) is 0 Å². The number of nitrogen functional groups attached to an aromatic ring is 1. The fourth-order valence-electron chi connectivity index (χ4n) is 3.00. The van der Waals surface area contributed by atoms with Gasteiger partial charge in [0, 0.05) is 19.6 Å². The largest absolute Gasteiger partial charge is 0.490 e. The number of para-hydroxylation sites is 2. The maximum absolute atomic E-state index is 6.07. The molecule has 1 aromatic rings. The number of ether oxygens (including phenoxy) is 2. The van der Waals surface area contributed by atoms with Crippen molar-refractivity contribution in [1.82, 2.24) is 4.90 Å². The molecular formula is C16H26N2O2. The molecule has 0 amide bonds. The van der Waals surface area contributed by atoms with Gasteiger partial charge in [0.2, 0.25) is 0 Å². The fraction of sp³-hybridized carbons (Fsp3) is 0.625. The van der Waals surface area contributed by atoms with E-state index in [1.165, 1.54) is 0 Å². The molecule has 20 heavy (non-hydrogen) atoms. The van der Waals surface area contributed by atoms with Crippen molar-refractivity contribution in [2.45, 2.75) is 38.9 Å². The summed E-state index contributed by atoms with van der Waals surface area (Å²) in [6.07, 6.45) is 0. The van der Waals surface area contributed by atoms with E-state index in [-0.39, 0.29) is 11.2 Å². The smallest absolute Gasteiger partial charge is 0.142 e. The zero-order valence-corrected chi connectivity index (χ0v) is 13.0. The van der Waals surface area contributed by atoms with E-state index in [4.69, 9.17) is 15.2 Å². The Kier molecular flexibility index (Phi) is 4.25. The van der Waals surface area contributed by atoms with Gasteiger partial charge in [-0.1, -0.05) is 12.1 Å². The highest BCUT2D eigenvalue weighted by atomic mass is 16.5. The zero-order chi connectivity index (χ0) is 14.8. The predicted molar refractivity (Wildman–Crippen MR) is 82.0 cm³/mol. The molecule has 1 aliphatic rings. The highest BCUT2D eigenvalue weighted by molar-refractivity contribution is 5.51. The van der Waals surface area contributed by atoms with Crippen LogP contribution in [0.3, 0.4) is 0 Å². The first-order valence-corrected chi connectivity index (χ1v) is 7.17. The van der Waals surface area contributed by atoms with E-state index < -0.39 is 0 Å². The number of hydrogen-bond acceptors (Lipinski definition) is 4. The molecule has 0 aliphatic carbocycles. The highest BCUT2D eigenvalue weighted by Gasteiger charge is 2.37. The molecule has 0 saturated carbocycles. The van der Waals surface area contributed by atoms with Crippen LogP contribution in [-0.2, 0) is 4.74 Å². The van der Waals surface area contributed by atoms with Crippen molar-refractivity contribution in [3.63, 3.8) is 0 Å². The summed E-state index contributed by atoms with van der Waals surface area (Å²) in [4.78, 5) is 2.39. The first-order valence-electron chi connectivity index (χ1n) is 7.17. The molecule has 0 aromatic heterocycles. The molecule has 0 bridgehead atoms. The number of nitrogens with two attached hydrogens (primary N) is 1. The van der Waals surface area contributed by atoms with E-state index in [2.05, 4.69) is 32.6 Å². The predicted octanol–water partition coefficient (Wildman–Crippen LogP) is 2.54. The fourth-order valence-corrected chi connectivity index (χ4v) is 3.00. The second kappa shape index (κ2) is 5.62. The number of nitrogens with zero attached hydrogens (tertiary/aromatic N) is 1. The Balaban J connectivity index is 1.86. The van der Waals surface area contributed by atoms with Crippen molar-refractivity contribution in [1.29, 1.82) is 0 Å². The lowest BCUT2D eigenvalue weighted by molar-refractivity contribution is -0.181. The Labute approximate surface area is 121 Å². The van der Waals surface area contributed by atoms with Crippen LogP contribution in [0.4, 0.5) is 5.69 Å². The van der Waals surface area contributed by atoms with E-state index in [1.807, 2.05) is 24.3 Å². The van der Waals surface area contributed by atoms with Crippen LogP contribution in [0.1, 0.15) is 27.7 Å². The molecule has 1 aliphatic heterocycles. The summed E-state index contributed by atoms with van der Waals surface area (Å²) >= 11 is 0. The van der Waals surface area contributed by atoms with Gasteiger partial charge >= 0.3 is 0 Å². The second-order valence-corrected chi connectivity index (χ2v) is 6.72. The minimum Gasteiger partial charge on any atom is -0.490 e. The topological polar surface area (TPSA) is 47.7 Å². The van der Waals surface area contributed by atoms with Gasteiger partial charge in [0.15, 0.2) is 0 Å². The average Bonchev–Trinajstić information content (AvgIpc) is 2.27. The lowest BCUT2D eigenvalue weighted by atomic mass is 9.99. The van der Waals surface area contributed by atoms with Crippen LogP contribution < -0.4 is 10.5 Å². The summed E-state index contributed by atoms with van der Waals surface area (Å²) in [7, 11) is 0. The molecule has 1 saturated heterocycles. The van der Waals surface area contributed by atoms with Gasteiger partial charge in [-0.25, -0.2) is 0 Å². The third-order valence-corrected chi connectivity index (χ3v) is 3.35. The van der Waals surface area contributed by atoms with Crippen LogP contribution in [0.25, 0.3) is 0 Å². The summed E-state index contributed by atoms with van der Waals surface area (Å²) in [5.41, 5.74) is 6.32. The van der Waals surface area contributed by atoms with Crippen molar-refractivity contribution < 1.29 is 9.47 Å². The van der Waals surface area contributed by atoms with Gasteiger partial charge in [-0.2, -0.15) is 0 Å². The number of rotatable bonds is 4. The molecule has 0 radical (unpaired) electrons. The molecule has 112 valence electrons. The number of anilines is 1. The van der Waals surface area contributed by atoms with Crippen LogP contribution in [-0.4, -0.2) is 42.3 Å². The molecule has 2 N–H and O–H groups in total. The third-order valence-electron chi connectivity index (χ3n) is 3.35. The van der Waals surface area contributed by atoms with Gasteiger partial charge in [0.25, 0.3) is 0 Å². The quantitative estimate of drug-likeness (QED) is 0.860. The van der Waals surface area contributed by atoms with Crippen LogP contribution in [0.5, 0.6) is 5.75 Å². The minimum absolute atomic E-state index is 0.118. The van der Waals surface area contributed by atoms with Gasteiger partial charge in [-0.05, 0) is 39.8 Å². The molecule has 0 spiro atoms. The van der Waals surface area contributed by atoms with Crippen molar-refractivity contribution in [2.75, 3.05) is 32.0 Å². The first-order chi connectivity index (χ1) is 9.27. The normalized spacial score (nSPS) is 21.6. The number of morpholine rings is 1. The molecule has 0 unspecified atom stereocenters. The van der Waals surface area contributed by atoms with Gasteiger partial charge in [-0.3, -0.25) is 4.90 Å². The molecule has 2 rings (SSSR count). The second-order valence-electron chi connectivity index (χ2n) is 6.72.